The Hall–Kier alpha value is -1.48. The van der Waals surface area contributed by atoms with Gasteiger partial charge >= 0.3 is 6.03 Å². The van der Waals surface area contributed by atoms with Gasteiger partial charge in [0, 0.05) is 64.6 Å². The number of hydrogen-bond acceptors (Lipinski definition) is 6. The van der Waals surface area contributed by atoms with Crippen molar-refractivity contribution in [3.8, 4) is 0 Å². The zero-order valence-corrected chi connectivity index (χ0v) is 23.9. The van der Waals surface area contributed by atoms with E-state index in [2.05, 4.69) is 5.32 Å². The van der Waals surface area contributed by atoms with Crippen LogP contribution in [0, 0.1) is 24.7 Å². The Labute approximate surface area is 233 Å². The molecular formula is C25H39N3O6Y-2. The van der Waals surface area contributed by atoms with E-state index in [9.17, 15) is 28.8 Å². The summed E-state index contributed by atoms with van der Waals surface area (Å²) in [7, 11) is 0. The number of imide groups is 1. The van der Waals surface area contributed by atoms with E-state index < -0.39 is 17.4 Å². The quantitative estimate of drug-likeness (QED) is 0.127. The van der Waals surface area contributed by atoms with E-state index in [1.54, 1.807) is 6.92 Å². The SMILES string of the molecule is CC1CC(=O)N(CCCCCCC(=O)C2(C(=O)C[C@H]([C-]=O)CCCNC(N)=O)CCC2)C1=O.[CH3-].[Y]. The Balaban J connectivity index is 0.00000578. The van der Waals surface area contributed by atoms with Crippen LogP contribution in [-0.4, -0.2) is 53.7 Å². The number of likely N-dealkylation sites (tertiary alicyclic amines) is 1. The van der Waals surface area contributed by atoms with Crippen LogP contribution >= 0.6 is 0 Å². The van der Waals surface area contributed by atoms with Crippen molar-refractivity contribution in [2.75, 3.05) is 13.1 Å². The fourth-order valence-corrected chi connectivity index (χ4v) is 4.66. The third-order valence-corrected chi connectivity index (χ3v) is 6.91. The Morgan fingerprint density at radius 2 is 1.77 bits per heavy atom. The maximum atomic E-state index is 12.9. The molecule has 1 saturated heterocycles. The Morgan fingerprint density at radius 1 is 1.11 bits per heavy atom. The molecule has 2 fully saturated rings. The van der Waals surface area contributed by atoms with Crippen LogP contribution in [0.2, 0.25) is 0 Å². The average molecular weight is 567 g/mol. The van der Waals surface area contributed by atoms with Crippen LogP contribution in [0.4, 0.5) is 4.79 Å². The summed E-state index contributed by atoms with van der Waals surface area (Å²) in [5, 5.41) is 2.44. The van der Waals surface area contributed by atoms with Gasteiger partial charge in [-0.05, 0) is 38.5 Å². The molecule has 0 aromatic heterocycles. The molecule has 1 radical (unpaired) electrons. The standard InChI is InChI=1S/C24H36N3O6.CH3.Y/c1-17-14-21(31)27(22(17)32)13-5-3-2-4-9-19(29)24(10-7-11-24)20(30)15-18(16-28)8-6-12-26-23(25)33;;/h17-18H,2-15H2,1H3,(H3,25,26,33);1H3;/q2*-1;/t17?,18-;;/m1../s1. The minimum atomic E-state index is -0.953. The van der Waals surface area contributed by atoms with Gasteiger partial charge in [0.15, 0.2) is 0 Å². The van der Waals surface area contributed by atoms with E-state index in [4.69, 9.17) is 5.73 Å². The second-order valence-electron chi connectivity index (χ2n) is 9.39. The molecule has 0 aromatic rings. The van der Waals surface area contributed by atoms with Crippen molar-refractivity contribution in [2.45, 2.75) is 84.0 Å². The summed E-state index contributed by atoms with van der Waals surface area (Å²) in [4.78, 5) is 72.8. The van der Waals surface area contributed by atoms with Gasteiger partial charge in [-0.1, -0.05) is 32.6 Å². The van der Waals surface area contributed by atoms with Gasteiger partial charge in [0.05, 0.1) is 5.41 Å². The smallest absolute Gasteiger partial charge is 0.312 e. The molecule has 1 unspecified atom stereocenters. The average Bonchev–Trinajstić information content (AvgIpc) is 2.97. The molecule has 1 heterocycles. The molecule has 4 amide bonds. The fraction of sp³-hybridized carbons (Fsp3) is 0.720. The van der Waals surface area contributed by atoms with Crippen LogP contribution in [0.5, 0.6) is 0 Å². The maximum Gasteiger partial charge on any atom is 0.312 e. The number of carbonyl (C=O) groups excluding carboxylic acids is 6. The minimum Gasteiger partial charge on any atom is -0.541 e. The van der Waals surface area contributed by atoms with Crippen molar-refractivity contribution in [1.82, 2.24) is 10.2 Å². The second kappa shape index (κ2) is 16.3. The molecule has 35 heavy (non-hydrogen) atoms. The second-order valence-corrected chi connectivity index (χ2v) is 9.39. The summed E-state index contributed by atoms with van der Waals surface area (Å²) in [6.45, 7) is 2.52. The first-order valence-corrected chi connectivity index (χ1v) is 12.0. The van der Waals surface area contributed by atoms with Crippen molar-refractivity contribution in [3.05, 3.63) is 7.43 Å². The third kappa shape index (κ3) is 9.48. The van der Waals surface area contributed by atoms with Crippen LogP contribution in [0.15, 0.2) is 0 Å². The monoisotopic (exact) mass is 566 g/mol. The van der Waals surface area contributed by atoms with Crippen molar-refractivity contribution >= 4 is 35.7 Å². The van der Waals surface area contributed by atoms with E-state index in [1.807, 2.05) is 6.29 Å². The molecule has 1 aliphatic heterocycles. The van der Waals surface area contributed by atoms with Crippen LogP contribution in [0.3, 0.4) is 0 Å². The summed E-state index contributed by atoms with van der Waals surface area (Å²) in [5.41, 5.74) is 4.05. The molecule has 2 rings (SSSR count). The normalized spacial score (nSPS) is 19.1. The van der Waals surface area contributed by atoms with Gasteiger partial charge in [-0.25, -0.2) is 4.79 Å². The third-order valence-electron chi connectivity index (χ3n) is 6.91. The maximum absolute atomic E-state index is 12.9. The molecule has 2 aliphatic rings. The Kier molecular flexibility index (Phi) is 15.6. The number of urea groups is 1. The van der Waals surface area contributed by atoms with Gasteiger partial charge in [-0.2, -0.15) is 0 Å². The van der Waals surface area contributed by atoms with Gasteiger partial charge in [-0.15, -0.1) is 5.92 Å². The fourth-order valence-electron chi connectivity index (χ4n) is 4.66. The summed E-state index contributed by atoms with van der Waals surface area (Å²) < 4.78 is 0. The predicted molar refractivity (Wildman–Crippen MR) is 127 cm³/mol. The van der Waals surface area contributed by atoms with Crippen LogP contribution in [-0.2, 0) is 56.7 Å². The molecule has 10 heteroatoms. The van der Waals surface area contributed by atoms with E-state index >= 15 is 0 Å². The number of carbonyl (C=O) groups is 5. The molecule has 3 N–H and O–H groups in total. The van der Waals surface area contributed by atoms with Crippen molar-refractivity contribution < 1.29 is 61.5 Å². The summed E-state index contributed by atoms with van der Waals surface area (Å²) in [5.74, 6) is -1.24. The number of ketones is 2. The summed E-state index contributed by atoms with van der Waals surface area (Å²) in [6.07, 6.45) is 8.29. The molecule has 195 valence electrons. The first-order valence-electron chi connectivity index (χ1n) is 12.0. The summed E-state index contributed by atoms with van der Waals surface area (Å²) in [6, 6.07) is -0.635. The number of amides is 4. The minimum absolute atomic E-state index is 0. The van der Waals surface area contributed by atoms with E-state index in [1.165, 1.54) is 4.90 Å². The molecule has 1 aliphatic carbocycles. The first-order chi connectivity index (χ1) is 15.7. The van der Waals surface area contributed by atoms with E-state index in [-0.39, 0.29) is 82.3 Å². The van der Waals surface area contributed by atoms with Gasteiger partial charge < -0.3 is 23.3 Å². The number of nitrogens with one attached hydrogen (secondary N) is 1. The van der Waals surface area contributed by atoms with Crippen LogP contribution in [0.1, 0.15) is 84.0 Å². The molecule has 0 bridgehead atoms. The zero-order valence-electron chi connectivity index (χ0n) is 21.1. The topological polar surface area (TPSA) is 144 Å². The number of hydrogen-bond donors (Lipinski definition) is 2. The molecule has 1 saturated carbocycles. The number of primary amides is 1. The summed E-state index contributed by atoms with van der Waals surface area (Å²) >= 11 is 0. The van der Waals surface area contributed by atoms with Gasteiger partial charge in [0.2, 0.25) is 11.8 Å². The Bertz CT molecular complexity index is 768. The largest absolute Gasteiger partial charge is 0.541 e. The number of nitrogens with zero attached hydrogens (tertiary/aromatic N) is 1. The van der Waals surface area contributed by atoms with Crippen LogP contribution < -0.4 is 11.1 Å². The van der Waals surface area contributed by atoms with Crippen molar-refractivity contribution in [3.63, 3.8) is 0 Å². The van der Waals surface area contributed by atoms with E-state index in [0.717, 1.165) is 19.3 Å². The number of nitrogens with two attached hydrogens (primary N) is 1. The van der Waals surface area contributed by atoms with Gasteiger partial charge in [-0.3, -0.25) is 30.4 Å². The molecule has 0 aromatic carbocycles. The predicted octanol–water partition coefficient (Wildman–Crippen LogP) is 2.65. The van der Waals surface area contributed by atoms with E-state index in [0.29, 0.717) is 58.0 Å². The first kappa shape index (κ1) is 33.5. The number of rotatable bonds is 16. The van der Waals surface area contributed by atoms with Crippen LogP contribution in [0.25, 0.3) is 0 Å². The van der Waals surface area contributed by atoms with Crippen molar-refractivity contribution in [1.29, 1.82) is 0 Å². The molecule has 0 spiro atoms. The van der Waals surface area contributed by atoms with Gasteiger partial charge in [0.25, 0.3) is 0 Å². The van der Waals surface area contributed by atoms with Gasteiger partial charge in [0.1, 0.15) is 11.6 Å². The zero-order chi connectivity index (χ0) is 24.4. The molecule has 2 atom stereocenters. The van der Waals surface area contributed by atoms with Crippen molar-refractivity contribution in [2.24, 2.45) is 23.0 Å². The molecule has 9 nitrogen and oxygen atoms in total. The number of Topliss-reactive ketones (excluding diaryl/α,β-unsaturated/α-hetero) is 2. The Morgan fingerprint density at radius 3 is 2.29 bits per heavy atom. The molecular weight excluding hydrogens is 527 g/mol. The number of unbranched alkanes of at least 4 members (excludes halogenated alkanes) is 3.